The van der Waals surface area contributed by atoms with Gasteiger partial charge in [0.1, 0.15) is 0 Å². The monoisotopic (exact) mass is 328 g/mol. The van der Waals surface area contributed by atoms with Gasteiger partial charge in [-0.25, -0.2) is 0 Å². The van der Waals surface area contributed by atoms with E-state index in [4.69, 9.17) is 9.47 Å². The van der Waals surface area contributed by atoms with Gasteiger partial charge < -0.3 is 9.47 Å². The first-order chi connectivity index (χ1) is 11.1. The number of ether oxygens (including phenoxy) is 2. The fourth-order valence-corrected chi connectivity index (χ4v) is 3.44. The Bertz CT molecular complexity index is 725. The van der Waals surface area contributed by atoms with Crippen molar-refractivity contribution >= 4 is 17.5 Å². The molecular weight excluding hydrogens is 308 g/mol. The molecule has 2 aromatic rings. The van der Waals surface area contributed by atoms with E-state index in [0.29, 0.717) is 30.3 Å². The quantitative estimate of drug-likeness (QED) is 0.614. The number of aryl methyl sites for hydroxylation is 2. The van der Waals surface area contributed by atoms with Gasteiger partial charge in [-0.2, -0.15) is 0 Å². The smallest absolute Gasteiger partial charge is 0.173 e. The Balaban J connectivity index is 1.71. The molecule has 0 spiro atoms. The highest BCUT2D eigenvalue weighted by molar-refractivity contribution is 8.00. The van der Waals surface area contributed by atoms with E-state index in [-0.39, 0.29) is 5.78 Å². The average Bonchev–Trinajstić information content (AvgIpc) is 2.80. The van der Waals surface area contributed by atoms with Crippen LogP contribution in [0.3, 0.4) is 0 Å². The molecule has 0 unspecified atom stereocenters. The maximum atomic E-state index is 12.5. The van der Waals surface area contributed by atoms with Crippen LogP contribution in [0, 0.1) is 13.8 Å². The molecule has 1 heterocycles. The zero-order valence-corrected chi connectivity index (χ0v) is 14.2. The van der Waals surface area contributed by atoms with E-state index < -0.39 is 0 Å². The number of carbonyl (C=O) groups excluding carboxylic acids is 1. The first-order valence-electron chi connectivity index (χ1n) is 7.76. The Morgan fingerprint density at radius 1 is 1.04 bits per heavy atom. The number of thioether (sulfide) groups is 1. The molecule has 0 saturated carbocycles. The largest absolute Gasteiger partial charge is 0.490 e. The van der Waals surface area contributed by atoms with Gasteiger partial charge in [0.2, 0.25) is 0 Å². The third-order valence-electron chi connectivity index (χ3n) is 3.77. The van der Waals surface area contributed by atoms with Crippen molar-refractivity contribution in [2.75, 3.05) is 19.0 Å². The number of hydrogen-bond acceptors (Lipinski definition) is 4. The van der Waals surface area contributed by atoms with E-state index >= 15 is 0 Å². The summed E-state index contributed by atoms with van der Waals surface area (Å²) < 4.78 is 11.3. The number of carbonyl (C=O) groups is 1. The minimum atomic E-state index is 0.103. The molecule has 2 aromatic carbocycles. The molecule has 1 aliphatic heterocycles. The molecule has 0 fully saturated rings. The summed E-state index contributed by atoms with van der Waals surface area (Å²) in [6.45, 7) is 5.42. The molecular formula is C19H20O3S. The second-order valence-electron chi connectivity index (χ2n) is 5.69. The molecule has 4 heteroatoms. The van der Waals surface area contributed by atoms with Gasteiger partial charge in [-0.15, -0.1) is 11.8 Å². The molecule has 0 atom stereocenters. The first-order valence-corrected chi connectivity index (χ1v) is 8.75. The van der Waals surface area contributed by atoms with E-state index in [0.717, 1.165) is 17.1 Å². The van der Waals surface area contributed by atoms with Crippen molar-refractivity contribution in [3.05, 3.63) is 53.1 Å². The van der Waals surface area contributed by atoms with Crippen LogP contribution in [0.2, 0.25) is 0 Å². The highest BCUT2D eigenvalue weighted by Crippen LogP contribution is 2.31. The van der Waals surface area contributed by atoms with Crippen LogP contribution in [0.15, 0.2) is 41.3 Å². The molecule has 0 N–H and O–H groups in total. The molecule has 120 valence electrons. The molecule has 0 radical (unpaired) electrons. The number of ketones is 1. The van der Waals surface area contributed by atoms with E-state index in [1.807, 2.05) is 12.1 Å². The Morgan fingerprint density at radius 3 is 2.65 bits per heavy atom. The molecule has 0 bridgehead atoms. The lowest BCUT2D eigenvalue weighted by Crippen LogP contribution is -2.03. The lowest BCUT2D eigenvalue weighted by molar-refractivity contribution is 0.102. The van der Waals surface area contributed by atoms with Crippen molar-refractivity contribution in [2.45, 2.75) is 25.2 Å². The molecule has 3 rings (SSSR count). The molecule has 0 aliphatic carbocycles. The number of fused-ring (bicyclic) bond motifs is 1. The van der Waals surface area contributed by atoms with Crippen LogP contribution in [-0.2, 0) is 0 Å². The Labute approximate surface area is 141 Å². The van der Waals surface area contributed by atoms with Crippen LogP contribution in [0.5, 0.6) is 11.5 Å². The SMILES string of the molecule is Cc1ccc(C)c(SCC(=O)c2ccc3c(c2)OCCCO3)c1. The molecule has 3 nitrogen and oxygen atoms in total. The zero-order valence-electron chi connectivity index (χ0n) is 13.4. The lowest BCUT2D eigenvalue weighted by atomic mass is 10.1. The summed E-state index contributed by atoms with van der Waals surface area (Å²) in [7, 11) is 0. The van der Waals surface area contributed by atoms with Gasteiger partial charge in [0, 0.05) is 16.9 Å². The maximum absolute atomic E-state index is 12.5. The average molecular weight is 328 g/mol. The normalized spacial score (nSPS) is 13.5. The van der Waals surface area contributed by atoms with Crippen LogP contribution < -0.4 is 9.47 Å². The van der Waals surface area contributed by atoms with Crippen LogP contribution in [0.4, 0.5) is 0 Å². The van der Waals surface area contributed by atoms with Crippen molar-refractivity contribution < 1.29 is 14.3 Å². The summed E-state index contributed by atoms with van der Waals surface area (Å²) in [5.74, 6) is 1.92. The molecule has 0 saturated heterocycles. The Kier molecular flexibility index (Phi) is 4.91. The van der Waals surface area contributed by atoms with Gasteiger partial charge in [-0.05, 0) is 43.7 Å². The van der Waals surface area contributed by atoms with Crippen LogP contribution in [0.1, 0.15) is 27.9 Å². The predicted molar refractivity (Wildman–Crippen MR) is 93.0 cm³/mol. The summed E-state index contributed by atoms with van der Waals surface area (Å²) in [6, 6.07) is 11.8. The third kappa shape index (κ3) is 3.88. The second-order valence-corrected chi connectivity index (χ2v) is 6.71. The summed E-state index contributed by atoms with van der Waals surface area (Å²) in [5, 5.41) is 0. The fourth-order valence-electron chi connectivity index (χ4n) is 2.43. The number of hydrogen-bond donors (Lipinski definition) is 0. The van der Waals surface area contributed by atoms with E-state index in [2.05, 4.69) is 32.0 Å². The van der Waals surface area contributed by atoms with Gasteiger partial charge in [0.15, 0.2) is 17.3 Å². The Hall–Kier alpha value is -1.94. The number of rotatable bonds is 4. The van der Waals surface area contributed by atoms with Gasteiger partial charge >= 0.3 is 0 Å². The molecule has 0 aromatic heterocycles. The van der Waals surface area contributed by atoms with Crippen molar-refractivity contribution in [2.24, 2.45) is 0 Å². The summed E-state index contributed by atoms with van der Waals surface area (Å²) >= 11 is 1.58. The van der Waals surface area contributed by atoms with Crippen molar-refractivity contribution in [1.82, 2.24) is 0 Å². The zero-order chi connectivity index (χ0) is 16.2. The molecule has 23 heavy (non-hydrogen) atoms. The van der Waals surface area contributed by atoms with Crippen LogP contribution in [0.25, 0.3) is 0 Å². The van der Waals surface area contributed by atoms with E-state index in [1.165, 1.54) is 11.1 Å². The minimum absolute atomic E-state index is 0.103. The van der Waals surface area contributed by atoms with Crippen molar-refractivity contribution in [1.29, 1.82) is 0 Å². The molecule has 0 amide bonds. The third-order valence-corrected chi connectivity index (χ3v) is 4.93. The van der Waals surface area contributed by atoms with Gasteiger partial charge in [-0.3, -0.25) is 4.79 Å². The lowest BCUT2D eigenvalue weighted by Gasteiger charge is -2.09. The van der Waals surface area contributed by atoms with Crippen molar-refractivity contribution in [3.63, 3.8) is 0 Å². The summed E-state index contributed by atoms with van der Waals surface area (Å²) in [5.41, 5.74) is 3.08. The van der Waals surface area contributed by atoms with E-state index in [1.54, 1.807) is 17.8 Å². The van der Waals surface area contributed by atoms with Gasteiger partial charge in [0.05, 0.1) is 19.0 Å². The highest BCUT2D eigenvalue weighted by Gasteiger charge is 2.14. The Morgan fingerprint density at radius 2 is 1.83 bits per heavy atom. The number of benzene rings is 2. The predicted octanol–water partition coefficient (Wildman–Crippen LogP) is 4.44. The van der Waals surface area contributed by atoms with Gasteiger partial charge in [-0.1, -0.05) is 17.7 Å². The summed E-state index contributed by atoms with van der Waals surface area (Å²) in [4.78, 5) is 13.6. The topological polar surface area (TPSA) is 35.5 Å². The van der Waals surface area contributed by atoms with Crippen LogP contribution in [-0.4, -0.2) is 24.7 Å². The first kappa shape index (κ1) is 15.9. The van der Waals surface area contributed by atoms with E-state index in [9.17, 15) is 4.79 Å². The summed E-state index contributed by atoms with van der Waals surface area (Å²) in [6.07, 6.45) is 0.862. The minimum Gasteiger partial charge on any atom is -0.490 e. The highest BCUT2D eigenvalue weighted by atomic mass is 32.2. The standard InChI is InChI=1S/C19H20O3S/c1-13-4-5-14(2)19(10-13)23-12-16(20)15-6-7-17-18(11-15)22-9-3-8-21-17/h4-7,10-11H,3,8-9,12H2,1-2H3. The van der Waals surface area contributed by atoms with Gasteiger partial charge in [0.25, 0.3) is 0 Å². The number of Topliss-reactive ketones (excluding diaryl/α,β-unsaturated/α-hetero) is 1. The second kappa shape index (κ2) is 7.09. The molecule has 1 aliphatic rings. The maximum Gasteiger partial charge on any atom is 0.173 e. The van der Waals surface area contributed by atoms with Crippen molar-refractivity contribution in [3.8, 4) is 11.5 Å². The van der Waals surface area contributed by atoms with Crippen LogP contribution >= 0.6 is 11.8 Å². The fraction of sp³-hybridized carbons (Fsp3) is 0.316.